The maximum atomic E-state index is 12.3. The summed E-state index contributed by atoms with van der Waals surface area (Å²) >= 11 is 0. The number of esters is 1. The number of aryl methyl sites for hydroxylation is 1. The molecule has 33 heavy (non-hydrogen) atoms. The molecule has 2 aromatic rings. The number of unbranched alkanes of at least 4 members (excludes halogenated alkanes) is 3. The number of nitrogens with one attached hydrogen (secondary N) is 1. The Hall–Kier alpha value is -2.22. The van der Waals surface area contributed by atoms with Gasteiger partial charge in [-0.05, 0) is 51.4 Å². The van der Waals surface area contributed by atoms with E-state index in [0.29, 0.717) is 24.5 Å². The average molecular weight is 475 g/mol. The van der Waals surface area contributed by atoms with Crippen LogP contribution < -0.4 is 4.72 Å². The number of sulfonamides is 1. The fourth-order valence-corrected chi connectivity index (χ4v) is 4.83. The first-order chi connectivity index (χ1) is 15.8. The molecule has 2 rings (SSSR count). The second-order valence-electron chi connectivity index (χ2n) is 8.48. The highest BCUT2D eigenvalue weighted by molar-refractivity contribution is 7.89. The summed E-state index contributed by atoms with van der Waals surface area (Å²) in [6.45, 7) is 5.36. The number of benzene rings is 2. The maximum Gasteiger partial charge on any atom is 0.307 e. The first kappa shape index (κ1) is 27.0. The third-order valence-corrected chi connectivity index (χ3v) is 7.17. The van der Waals surface area contributed by atoms with Crippen LogP contribution in [0.1, 0.15) is 56.6 Å². The Morgan fingerprint density at radius 2 is 1.67 bits per heavy atom. The Kier molecular flexibility index (Phi) is 11.6. The molecular formula is C26H38N2O4S. The van der Waals surface area contributed by atoms with Crippen LogP contribution in [0, 0.1) is 6.92 Å². The molecule has 1 unspecified atom stereocenters. The second-order valence-corrected chi connectivity index (χ2v) is 10.2. The number of hydrogen-bond acceptors (Lipinski definition) is 5. The van der Waals surface area contributed by atoms with Crippen molar-refractivity contribution in [2.24, 2.45) is 0 Å². The van der Waals surface area contributed by atoms with E-state index in [-0.39, 0.29) is 12.0 Å². The van der Waals surface area contributed by atoms with Crippen molar-refractivity contribution in [3.8, 4) is 0 Å². The predicted octanol–water partition coefficient (Wildman–Crippen LogP) is 4.68. The zero-order chi connectivity index (χ0) is 24.1. The van der Waals surface area contributed by atoms with E-state index < -0.39 is 10.0 Å². The van der Waals surface area contributed by atoms with Crippen LogP contribution in [0.15, 0.2) is 59.5 Å². The van der Waals surface area contributed by atoms with Crippen LogP contribution in [0.25, 0.3) is 0 Å². The van der Waals surface area contributed by atoms with Crippen LogP contribution in [-0.2, 0) is 26.1 Å². The highest BCUT2D eigenvalue weighted by atomic mass is 32.2. The molecule has 0 spiro atoms. The lowest BCUT2D eigenvalue weighted by Crippen LogP contribution is -2.33. The Morgan fingerprint density at radius 1 is 1.00 bits per heavy atom. The Balaban J connectivity index is 1.74. The van der Waals surface area contributed by atoms with E-state index >= 15 is 0 Å². The fourth-order valence-electron chi connectivity index (χ4n) is 3.76. The average Bonchev–Trinajstić information content (AvgIpc) is 2.78. The smallest absolute Gasteiger partial charge is 0.307 e. The number of hydrogen-bond donors (Lipinski definition) is 1. The standard InChI is InChI=1S/C26H38N2O4S/c1-4-32-26(29)20-24(28(3)21-23-12-8-7-9-13-23)14-10-5-6-11-19-27-33(30,31)25-17-15-22(2)16-18-25/h7-9,12-13,15-18,24,27H,4-6,10-11,14,19-21H2,1-3H3. The van der Waals surface area contributed by atoms with E-state index in [0.717, 1.165) is 44.2 Å². The molecule has 1 atom stereocenters. The molecule has 0 aromatic heterocycles. The van der Waals surface area contributed by atoms with Gasteiger partial charge in [-0.15, -0.1) is 0 Å². The summed E-state index contributed by atoms with van der Waals surface area (Å²) in [6, 6.07) is 17.2. The summed E-state index contributed by atoms with van der Waals surface area (Å²) < 4.78 is 32.5. The van der Waals surface area contributed by atoms with Gasteiger partial charge in [-0.3, -0.25) is 9.69 Å². The molecule has 0 fully saturated rings. The minimum absolute atomic E-state index is 0.115. The molecule has 2 aromatic carbocycles. The van der Waals surface area contributed by atoms with Gasteiger partial charge < -0.3 is 4.74 Å². The molecule has 0 bridgehead atoms. The molecule has 1 N–H and O–H groups in total. The van der Waals surface area contributed by atoms with E-state index in [1.54, 1.807) is 24.3 Å². The maximum absolute atomic E-state index is 12.3. The third kappa shape index (κ3) is 10.1. The molecule has 0 aliphatic rings. The summed E-state index contributed by atoms with van der Waals surface area (Å²) in [5.41, 5.74) is 2.25. The molecule has 0 amide bonds. The summed E-state index contributed by atoms with van der Waals surface area (Å²) in [6.07, 6.45) is 4.97. The molecule has 7 heteroatoms. The lowest BCUT2D eigenvalue weighted by molar-refractivity contribution is -0.144. The van der Waals surface area contributed by atoms with E-state index in [9.17, 15) is 13.2 Å². The number of carbonyl (C=O) groups excluding carboxylic acids is 1. The van der Waals surface area contributed by atoms with Gasteiger partial charge in [0.05, 0.1) is 17.9 Å². The highest BCUT2D eigenvalue weighted by Crippen LogP contribution is 2.17. The topological polar surface area (TPSA) is 75.7 Å². The van der Waals surface area contributed by atoms with E-state index in [1.807, 2.05) is 32.0 Å². The number of ether oxygens (including phenoxy) is 1. The molecule has 0 saturated carbocycles. The summed E-state index contributed by atoms with van der Waals surface area (Å²) in [5.74, 6) is -0.159. The first-order valence-corrected chi connectivity index (χ1v) is 13.3. The summed E-state index contributed by atoms with van der Waals surface area (Å²) in [5, 5.41) is 0. The van der Waals surface area contributed by atoms with Crippen LogP contribution in [0.4, 0.5) is 0 Å². The Labute approximate surface area is 199 Å². The first-order valence-electron chi connectivity index (χ1n) is 11.8. The minimum Gasteiger partial charge on any atom is -0.466 e. The van der Waals surface area contributed by atoms with Crippen LogP contribution in [0.5, 0.6) is 0 Å². The minimum atomic E-state index is -3.45. The largest absolute Gasteiger partial charge is 0.466 e. The summed E-state index contributed by atoms with van der Waals surface area (Å²) in [4.78, 5) is 14.6. The molecule has 0 heterocycles. The highest BCUT2D eigenvalue weighted by Gasteiger charge is 2.19. The van der Waals surface area contributed by atoms with Crippen molar-refractivity contribution in [3.05, 3.63) is 65.7 Å². The lowest BCUT2D eigenvalue weighted by Gasteiger charge is -2.27. The van der Waals surface area contributed by atoms with Gasteiger partial charge in [0.25, 0.3) is 0 Å². The van der Waals surface area contributed by atoms with Gasteiger partial charge in [-0.25, -0.2) is 13.1 Å². The van der Waals surface area contributed by atoms with E-state index in [1.165, 1.54) is 5.56 Å². The fraction of sp³-hybridized carbons (Fsp3) is 0.500. The second kappa shape index (κ2) is 14.1. The zero-order valence-electron chi connectivity index (χ0n) is 20.1. The molecule has 0 aliphatic carbocycles. The molecular weight excluding hydrogens is 436 g/mol. The van der Waals surface area contributed by atoms with Crippen molar-refractivity contribution in [3.63, 3.8) is 0 Å². The van der Waals surface area contributed by atoms with Crippen molar-refractivity contribution in [2.45, 2.75) is 69.9 Å². The quantitative estimate of drug-likeness (QED) is 0.300. The molecule has 182 valence electrons. The van der Waals surface area contributed by atoms with Gasteiger partial charge in [0, 0.05) is 19.1 Å². The summed E-state index contributed by atoms with van der Waals surface area (Å²) in [7, 11) is -1.40. The van der Waals surface area contributed by atoms with Crippen molar-refractivity contribution in [1.82, 2.24) is 9.62 Å². The van der Waals surface area contributed by atoms with Gasteiger partial charge in [0.1, 0.15) is 0 Å². The van der Waals surface area contributed by atoms with E-state index in [2.05, 4.69) is 28.8 Å². The molecule has 0 saturated heterocycles. The normalized spacial score (nSPS) is 12.6. The van der Waals surface area contributed by atoms with Crippen LogP contribution in [0.3, 0.4) is 0 Å². The van der Waals surface area contributed by atoms with Gasteiger partial charge in [0.15, 0.2) is 0 Å². The lowest BCUT2D eigenvalue weighted by atomic mass is 10.0. The molecule has 6 nitrogen and oxygen atoms in total. The van der Waals surface area contributed by atoms with Crippen LogP contribution in [-0.4, -0.2) is 45.5 Å². The van der Waals surface area contributed by atoms with Gasteiger partial charge in [-0.1, -0.05) is 67.3 Å². The van der Waals surface area contributed by atoms with Gasteiger partial charge in [-0.2, -0.15) is 0 Å². The van der Waals surface area contributed by atoms with Crippen molar-refractivity contribution < 1.29 is 17.9 Å². The van der Waals surface area contributed by atoms with Crippen molar-refractivity contribution in [1.29, 1.82) is 0 Å². The van der Waals surface area contributed by atoms with Crippen molar-refractivity contribution >= 4 is 16.0 Å². The van der Waals surface area contributed by atoms with Gasteiger partial charge >= 0.3 is 5.97 Å². The van der Waals surface area contributed by atoms with Gasteiger partial charge in [0.2, 0.25) is 10.0 Å². The van der Waals surface area contributed by atoms with Crippen LogP contribution in [0.2, 0.25) is 0 Å². The molecule has 0 aliphatic heterocycles. The number of carbonyl (C=O) groups is 1. The number of nitrogens with zero attached hydrogens (tertiary/aromatic N) is 1. The zero-order valence-corrected chi connectivity index (χ0v) is 20.9. The van der Waals surface area contributed by atoms with E-state index in [4.69, 9.17) is 4.74 Å². The Morgan fingerprint density at radius 3 is 2.33 bits per heavy atom. The number of rotatable bonds is 15. The van der Waals surface area contributed by atoms with Crippen LogP contribution >= 0.6 is 0 Å². The predicted molar refractivity (Wildman–Crippen MR) is 132 cm³/mol. The Bertz CT molecular complexity index is 931. The molecule has 0 radical (unpaired) electrons. The van der Waals surface area contributed by atoms with Crippen molar-refractivity contribution in [2.75, 3.05) is 20.2 Å². The monoisotopic (exact) mass is 474 g/mol. The third-order valence-electron chi connectivity index (χ3n) is 5.69. The SMILES string of the molecule is CCOC(=O)CC(CCCCCCNS(=O)(=O)c1ccc(C)cc1)N(C)Cc1ccccc1.